The topological polar surface area (TPSA) is 67.1 Å². The van der Waals surface area contributed by atoms with E-state index in [-0.39, 0.29) is 17.1 Å². The summed E-state index contributed by atoms with van der Waals surface area (Å²) in [6, 6.07) is 5.14. The maximum absolute atomic E-state index is 11.9. The van der Waals surface area contributed by atoms with Crippen molar-refractivity contribution in [3.8, 4) is 0 Å². The molecule has 2 amide bonds. The quantitative estimate of drug-likeness (QED) is 0.749. The molecule has 0 bridgehead atoms. The predicted molar refractivity (Wildman–Crippen MR) is 86.4 cm³/mol. The van der Waals surface area contributed by atoms with Crippen LogP contribution in [0.25, 0.3) is 0 Å². The number of benzene rings is 1. The summed E-state index contributed by atoms with van der Waals surface area (Å²) in [4.78, 5) is 12.2. The van der Waals surface area contributed by atoms with Crippen LogP contribution < -0.4 is 16.4 Å². The van der Waals surface area contributed by atoms with Gasteiger partial charge in [-0.2, -0.15) is 0 Å². The number of rotatable bonds is 3. The molecular weight excluding hydrogens is 294 g/mol. The lowest BCUT2D eigenvalue weighted by molar-refractivity contribution is 0.244. The highest BCUT2D eigenvalue weighted by atomic mass is 35.5. The smallest absolute Gasteiger partial charge is 0.319 e. The standard InChI is InChI=1S/C14H18ClN3OS/c15-11-8-9(13(16)20)6-7-12(11)18-14(19)17-10-4-2-1-3-5-10/h6-8,10H,1-5H2,(H2,16,20)(H2,17,18,19). The summed E-state index contributed by atoms with van der Waals surface area (Å²) >= 11 is 11.0. The van der Waals surface area contributed by atoms with E-state index >= 15 is 0 Å². The van der Waals surface area contributed by atoms with Crippen LogP contribution in [0.3, 0.4) is 0 Å². The molecule has 0 heterocycles. The van der Waals surface area contributed by atoms with Crippen molar-refractivity contribution in [2.24, 2.45) is 5.73 Å². The van der Waals surface area contributed by atoms with Crippen LogP contribution in [-0.2, 0) is 0 Å². The van der Waals surface area contributed by atoms with Gasteiger partial charge in [0.15, 0.2) is 0 Å². The second-order valence-electron chi connectivity index (χ2n) is 4.99. The predicted octanol–water partition coefficient (Wildman–Crippen LogP) is 3.43. The maximum atomic E-state index is 11.9. The van der Waals surface area contributed by atoms with Crippen molar-refractivity contribution in [1.29, 1.82) is 0 Å². The van der Waals surface area contributed by atoms with Crippen molar-refractivity contribution >= 4 is 40.5 Å². The van der Waals surface area contributed by atoms with Crippen LogP contribution in [0.4, 0.5) is 10.5 Å². The van der Waals surface area contributed by atoms with Gasteiger partial charge in [0.05, 0.1) is 10.7 Å². The number of carbonyl (C=O) groups excluding carboxylic acids is 1. The van der Waals surface area contributed by atoms with Gasteiger partial charge in [-0.25, -0.2) is 4.79 Å². The monoisotopic (exact) mass is 311 g/mol. The number of carbonyl (C=O) groups is 1. The van der Waals surface area contributed by atoms with E-state index in [2.05, 4.69) is 10.6 Å². The van der Waals surface area contributed by atoms with E-state index in [1.807, 2.05) is 0 Å². The van der Waals surface area contributed by atoms with E-state index in [0.29, 0.717) is 16.3 Å². The molecule has 4 N–H and O–H groups in total. The molecule has 1 aromatic rings. The van der Waals surface area contributed by atoms with Crippen LogP contribution in [0.2, 0.25) is 5.02 Å². The van der Waals surface area contributed by atoms with Crippen molar-refractivity contribution in [3.63, 3.8) is 0 Å². The fraction of sp³-hybridized carbons (Fsp3) is 0.429. The van der Waals surface area contributed by atoms with Crippen molar-refractivity contribution in [2.75, 3.05) is 5.32 Å². The average molecular weight is 312 g/mol. The molecule has 0 aliphatic heterocycles. The van der Waals surface area contributed by atoms with Gasteiger partial charge in [-0.3, -0.25) is 0 Å². The third-order valence-corrected chi connectivity index (χ3v) is 3.99. The van der Waals surface area contributed by atoms with E-state index in [1.165, 1.54) is 19.3 Å². The largest absolute Gasteiger partial charge is 0.389 e. The molecule has 1 fully saturated rings. The van der Waals surface area contributed by atoms with Crippen LogP contribution in [-0.4, -0.2) is 17.1 Å². The molecule has 1 aliphatic rings. The molecule has 0 radical (unpaired) electrons. The van der Waals surface area contributed by atoms with Crippen LogP contribution in [0, 0.1) is 0 Å². The number of amides is 2. The Hall–Kier alpha value is -1.33. The van der Waals surface area contributed by atoms with E-state index < -0.39 is 0 Å². The Morgan fingerprint density at radius 3 is 2.60 bits per heavy atom. The first-order chi connectivity index (χ1) is 9.56. The van der Waals surface area contributed by atoms with Crippen LogP contribution in [0.15, 0.2) is 18.2 Å². The molecule has 1 aromatic carbocycles. The van der Waals surface area contributed by atoms with E-state index in [9.17, 15) is 4.79 Å². The Kier molecular flexibility index (Phi) is 5.20. The highest BCUT2D eigenvalue weighted by Gasteiger charge is 2.16. The van der Waals surface area contributed by atoms with Crippen molar-refractivity contribution in [1.82, 2.24) is 5.32 Å². The average Bonchev–Trinajstić information content (AvgIpc) is 2.42. The molecule has 1 saturated carbocycles. The third-order valence-electron chi connectivity index (χ3n) is 3.44. The highest BCUT2D eigenvalue weighted by molar-refractivity contribution is 7.80. The van der Waals surface area contributed by atoms with Gasteiger partial charge in [0.25, 0.3) is 0 Å². The zero-order valence-electron chi connectivity index (χ0n) is 11.1. The lowest BCUT2D eigenvalue weighted by atomic mass is 9.96. The molecule has 4 nitrogen and oxygen atoms in total. The molecule has 6 heteroatoms. The summed E-state index contributed by atoms with van der Waals surface area (Å²) in [5.74, 6) is 0. The van der Waals surface area contributed by atoms with Crippen LogP contribution in [0.5, 0.6) is 0 Å². The van der Waals surface area contributed by atoms with Crippen LogP contribution in [0.1, 0.15) is 37.7 Å². The maximum Gasteiger partial charge on any atom is 0.319 e. The normalized spacial score (nSPS) is 15.7. The molecular formula is C14H18ClN3OS. The number of nitrogens with two attached hydrogens (primary N) is 1. The molecule has 20 heavy (non-hydrogen) atoms. The zero-order valence-corrected chi connectivity index (χ0v) is 12.7. The summed E-state index contributed by atoms with van der Waals surface area (Å²) in [5, 5.41) is 6.16. The number of anilines is 1. The molecule has 0 aromatic heterocycles. The highest BCUT2D eigenvalue weighted by Crippen LogP contribution is 2.23. The Bertz CT molecular complexity index is 515. The van der Waals surface area contributed by atoms with Gasteiger partial charge in [-0.15, -0.1) is 0 Å². The Morgan fingerprint density at radius 2 is 2.00 bits per heavy atom. The summed E-state index contributed by atoms with van der Waals surface area (Å²) < 4.78 is 0. The fourth-order valence-electron chi connectivity index (χ4n) is 2.36. The van der Waals surface area contributed by atoms with Gasteiger partial charge < -0.3 is 16.4 Å². The van der Waals surface area contributed by atoms with Crippen molar-refractivity contribution in [3.05, 3.63) is 28.8 Å². The zero-order chi connectivity index (χ0) is 14.5. The molecule has 0 atom stereocenters. The first-order valence-corrected chi connectivity index (χ1v) is 7.52. The minimum atomic E-state index is -0.220. The summed E-state index contributed by atoms with van der Waals surface area (Å²) in [5.41, 5.74) is 6.77. The third kappa shape index (κ3) is 4.08. The number of halogens is 1. The summed E-state index contributed by atoms with van der Waals surface area (Å²) in [6.45, 7) is 0. The fourth-order valence-corrected chi connectivity index (χ4v) is 2.72. The Morgan fingerprint density at radius 1 is 1.30 bits per heavy atom. The minimum Gasteiger partial charge on any atom is -0.389 e. The van der Waals surface area contributed by atoms with Gasteiger partial charge in [-0.05, 0) is 31.0 Å². The number of hydrogen-bond acceptors (Lipinski definition) is 2. The van der Waals surface area contributed by atoms with Crippen LogP contribution >= 0.6 is 23.8 Å². The molecule has 0 spiro atoms. The number of thiocarbonyl (C=S) groups is 1. The van der Waals surface area contributed by atoms with Gasteiger partial charge in [0, 0.05) is 11.6 Å². The summed E-state index contributed by atoms with van der Waals surface area (Å²) in [6.07, 6.45) is 5.69. The lowest BCUT2D eigenvalue weighted by Crippen LogP contribution is -2.39. The number of urea groups is 1. The van der Waals surface area contributed by atoms with Crippen molar-refractivity contribution in [2.45, 2.75) is 38.1 Å². The molecule has 0 unspecified atom stereocenters. The molecule has 2 rings (SSSR count). The van der Waals surface area contributed by atoms with Gasteiger partial charge in [0.1, 0.15) is 4.99 Å². The number of hydrogen-bond donors (Lipinski definition) is 3. The first kappa shape index (κ1) is 15.1. The van der Waals surface area contributed by atoms with E-state index in [0.717, 1.165) is 12.8 Å². The second-order valence-corrected chi connectivity index (χ2v) is 5.84. The van der Waals surface area contributed by atoms with Crippen molar-refractivity contribution < 1.29 is 4.79 Å². The van der Waals surface area contributed by atoms with Gasteiger partial charge in [-0.1, -0.05) is 43.1 Å². The second kappa shape index (κ2) is 6.90. The Labute approximate surface area is 129 Å². The lowest BCUT2D eigenvalue weighted by Gasteiger charge is -2.23. The molecule has 0 saturated heterocycles. The Balaban J connectivity index is 1.95. The molecule has 108 valence electrons. The van der Waals surface area contributed by atoms with E-state index in [1.54, 1.807) is 18.2 Å². The van der Waals surface area contributed by atoms with Gasteiger partial charge in [0.2, 0.25) is 0 Å². The molecule has 1 aliphatic carbocycles. The SMILES string of the molecule is NC(=S)c1ccc(NC(=O)NC2CCCCC2)c(Cl)c1. The van der Waals surface area contributed by atoms with E-state index in [4.69, 9.17) is 29.6 Å². The minimum absolute atomic E-state index is 0.220. The summed E-state index contributed by atoms with van der Waals surface area (Å²) in [7, 11) is 0. The number of nitrogens with one attached hydrogen (secondary N) is 2. The van der Waals surface area contributed by atoms with Gasteiger partial charge >= 0.3 is 6.03 Å². The first-order valence-electron chi connectivity index (χ1n) is 6.73.